The quantitative estimate of drug-likeness (QED) is 0.782. The SMILES string of the molecule is CN1Cc2ccc(CCS(=O)(=O)Cl)cc2C1=O. The van der Waals surface area contributed by atoms with Crippen LogP contribution in [0.5, 0.6) is 0 Å². The Balaban J connectivity index is 2.21. The first kappa shape index (κ1) is 12.4. The molecule has 92 valence electrons. The van der Waals surface area contributed by atoms with Crippen molar-refractivity contribution in [1.29, 1.82) is 0 Å². The lowest BCUT2D eigenvalue weighted by Crippen LogP contribution is -2.17. The highest BCUT2D eigenvalue weighted by atomic mass is 35.7. The van der Waals surface area contributed by atoms with Crippen molar-refractivity contribution in [3.63, 3.8) is 0 Å². The highest BCUT2D eigenvalue weighted by Gasteiger charge is 2.24. The number of halogens is 1. The molecule has 0 spiro atoms. The van der Waals surface area contributed by atoms with Crippen LogP contribution in [0.3, 0.4) is 0 Å². The van der Waals surface area contributed by atoms with Gasteiger partial charge in [-0.3, -0.25) is 4.79 Å². The molecule has 6 heteroatoms. The van der Waals surface area contributed by atoms with Crippen molar-refractivity contribution in [3.05, 3.63) is 34.9 Å². The lowest BCUT2D eigenvalue weighted by atomic mass is 10.0. The molecule has 0 atom stereocenters. The number of rotatable bonds is 3. The highest BCUT2D eigenvalue weighted by Crippen LogP contribution is 2.22. The Labute approximate surface area is 105 Å². The zero-order chi connectivity index (χ0) is 12.6. The fourth-order valence-corrected chi connectivity index (χ4v) is 2.60. The van der Waals surface area contributed by atoms with Crippen molar-refractivity contribution in [2.24, 2.45) is 0 Å². The molecule has 17 heavy (non-hydrogen) atoms. The summed E-state index contributed by atoms with van der Waals surface area (Å²) in [6, 6.07) is 5.46. The normalized spacial score (nSPS) is 15.2. The van der Waals surface area contributed by atoms with Gasteiger partial charge < -0.3 is 4.90 Å². The summed E-state index contributed by atoms with van der Waals surface area (Å²) in [6.45, 7) is 0.613. The summed E-state index contributed by atoms with van der Waals surface area (Å²) >= 11 is 0. The van der Waals surface area contributed by atoms with Crippen molar-refractivity contribution < 1.29 is 13.2 Å². The van der Waals surface area contributed by atoms with Crippen LogP contribution in [0.25, 0.3) is 0 Å². The van der Waals surface area contributed by atoms with Crippen molar-refractivity contribution in [2.75, 3.05) is 12.8 Å². The molecule has 1 aliphatic heterocycles. The van der Waals surface area contributed by atoms with E-state index in [-0.39, 0.29) is 11.7 Å². The second kappa shape index (κ2) is 4.31. The van der Waals surface area contributed by atoms with Gasteiger partial charge in [0, 0.05) is 29.8 Å². The Kier molecular flexibility index (Phi) is 3.14. The average molecular weight is 274 g/mol. The van der Waals surface area contributed by atoms with E-state index in [0.717, 1.165) is 11.1 Å². The Bertz CT molecular complexity index is 568. The largest absolute Gasteiger partial charge is 0.337 e. The van der Waals surface area contributed by atoms with Gasteiger partial charge in [-0.2, -0.15) is 0 Å². The average Bonchev–Trinajstić information content (AvgIpc) is 2.51. The van der Waals surface area contributed by atoms with Gasteiger partial charge in [0.15, 0.2) is 0 Å². The number of nitrogens with zero attached hydrogens (tertiary/aromatic N) is 1. The van der Waals surface area contributed by atoms with Crippen molar-refractivity contribution in [2.45, 2.75) is 13.0 Å². The minimum atomic E-state index is -3.48. The lowest BCUT2D eigenvalue weighted by Gasteiger charge is -2.04. The summed E-state index contributed by atoms with van der Waals surface area (Å²) < 4.78 is 21.7. The molecule has 1 heterocycles. The third kappa shape index (κ3) is 2.79. The molecule has 1 aromatic carbocycles. The van der Waals surface area contributed by atoms with Crippen LogP contribution in [0, 0.1) is 0 Å². The van der Waals surface area contributed by atoms with E-state index in [9.17, 15) is 13.2 Å². The van der Waals surface area contributed by atoms with Crippen LogP contribution in [0.2, 0.25) is 0 Å². The van der Waals surface area contributed by atoms with Gasteiger partial charge in [-0.15, -0.1) is 0 Å². The van der Waals surface area contributed by atoms with E-state index in [1.807, 2.05) is 12.1 Å². The molecule has 0 saturated carbocycles. The molecular weight excluding hydrogens is 262 g/mol. The molecule has 1 aromatic rings. The second-order valence-electron chi connectivity index (χ2n) is 4.15. The summed E-state index contributed by atoms with van der Waals surface area (Å²) in [4.78, 5) is 13.4. The molecular formula is C11H12ClNO3S. The Morgan fingerprint density at radius 2 is 2.12 bits per heavy atom. The molecule has 0 saturated heterocycles. The highest BCUT2D eigenvalue weighted by molar-refractivity contribution is 8.13. The summed E-state index contributed by atoms with van der Waals surface area (Å²) in [5, 5.41) is 0. The summed E-state index contributed by atoms with van der Waals surface area (Å²) in [5.41, 5.74) is 2.46. The maximum atomic E-state index is 11.7. The standard InChI is InChI=1S/C11H12ClNO3S/c1-13-7-9-3-2-8(4-5-17(12,15)16)6-10(9)11(13)14/h2-3,6H,4-5,7H2,1H3. The van der Waals surface area contributed by atoms with E-state index in [0.29, 0.717) is 18.5 Å². The van der Waals surface area contributed by atoms with Gasteiger partial charge in [0.1, 0.15) is 0 Å². The first-order chi connectivity index (χ1) is 7.87. The number of benzene rings is 1. The van der Waals surface area contributed by atoms with E-state index in [1.165, 1.54) is 0 Å². The van der Waals surface area contributed by atoms with Gasteiger partial charge in [0.2, 0.25) is 9.05 Å². The van der Waals surface area contributed by atoms with E-state index < -0.39 is 9.05 Å². The molecule has 0 unspecified atom stereocenters. The number of carbonyl (C=O) groups excluding carboxylic acids is 1. The van der Waals surface area contributed by atoms with E-state index in [2.05, 4.69) is 0 Å². The Morgan fingerprint density at radius 1 is 1.41 bits per heavy atom. The molecule has 2 rings (SSSR count). The Morgan fingerprint density at radius 3 is 2.76 bits per heavy atom. The summed E-state index contributed by atoms with van der Waals surface area (Å²) in [6.07, 6.45) is 0.329. The number of hydrogen-bond donors (Lipinski definition) is 0. The van der Waals surface area contributed by atoms with Crippen molar-refractivity contribution in [1.82, 2.24) is 4.90 Å². The number of hydrogen-bond acceptors (Lipinski definition) is 3. The topological polar surface area (TPSA) is 54.5 Å². The van der Waals surface area contributed by atoms with E-state index in [4.69, 9.17) is 10.7 Å². The van der Waals surface area contributed by atoms with Crippen LogP contribution in [-0.2, 0) is 22.0 Å². The first-order valence-corrected chi connectivity index (χ1v) is 7.64. The molecule has 0 radical (unpaired) electrons. The molecule has 0 aromatic heterocycles. The van der Waals surface area contributed by atoms with E-state index >= 15 is 0 Å². The minimum Gasteiger partial charge on any atom is -0.337 e. The summed E-state index contributed by atoms with van der Waals surface area (Å²) in [7, 11) is 3.41. The fourth-order valence-electron chi connectivity index (χ4n) is 1.89. The van der Waals surface area contributed by atoms with Crippen molar-refractivity contribution >= 4 is 25.6 Å². The van der Waals surface area contributed by atoms with Crippen molar-refractivity contribution in [3.8, 4) is 0 Å². The monoisotopic (exact) mass is 273 g/mol. The minimum absolute atomic E-state index is 0.0180. The lowest BCUT2D eigenvalue weighted by molar-refractivity contribution is 0.0816. The third-order valence-electron chi connectivity index (χ3n) is 2.79. The van der Waals surface area contributed by atoms with Crippen LogP contribution >= 0.6 is 10.7 Å². The molecule has 0 bridgehead atoms. The van der Waals surface area contributed by atoms with Gasteiger partial charge in [0.25, 0.3) is 5.91 Å². The van der Waals surface area contributed by atoms with Crippen LogP contribution in [0.1, 0.15) is 21.5 Å². The fraction of sp³-hybridized carbons (Fsp3) is 0.364. The predicted octanol–water partition coefficient (Wildman–Crippen LogP) is 1.38. The zero-order valence-electron chi connectivity index (χ0n) is 9.31. The predicted molar refractivity (Wildman–Crippen MR) is 65.6 cm³/mol. The molecule has 4 nitrogen and oxygen atoms in total. The van der Waals surface area contributed by atoms with Gasteiger partial charge >= 0.3 is 0 Å². The molecule has 1 aliphatic rings. The number of fused-ring (bicyclic) bond motifs is 1. The number of aryl methyl sites for hydroxylation is 1. The summed E-state index contributed by atoms with van der Waals surface area (Å²) in [5.74, 6) is -0.132. The zero-order valence-corrected chi connectivity index (χ0v) is 10.9. The molecule has 0 fully saturated rings. The van der Waals surface area contributed by atoms with Crippen LogP contribution in [0.15, 0.2) is 18.2 Å². The van der Waals surface area contributed by atoms with Gasteiger partial charge in [-0.25, -0.2) is 8.42 Å². The number of carbonyl (C=O) groups is 1. The van der Waals surface area contributed by atoms with Gasteiger partial charge in [0.05, 0.1) is 5.75 Å². The van der Waals surface area contributed by atoms with Gasteiger partial charge in [-0.1, -0.05) is 12.1 Å². The van der Waals surface area contributed by atoms with Crippen LogP contribution in [-0.4, -0.2) is 32.0 Å². The second-order valence-corrected chi connectivity index (χ2v) is 7.04. The van der Waals surface area contributed by atoms with E-state index in [1.54, 1.807) is 18.0 Å². The van der Waals surface area contributed by atoms with Crippen LogP contribution < -0.4 is 0 Å². The molecule has 1 amide bonds. The molecule has 0 N–H and O–H groups in total. The smallest absolute Gasteiger partial charge is 0.254 e. The molecule has 0 aliphatic carbocycles. The van der Waals surface area contributed by atoms with Crippen LogP contribution in [0.4, 0.5) is 0 Å². The van der Waals surface area contributed by atoms with Gasteiger partial charge in [-0.05, 0) is 23.6 Å². The Hall–Kier alpha value is -1.07. The first-order valence-electron chi connectivity index (χ1n) is 5.16. The maximum absolute atomic E-state index is 11.7. The number of amides is 1. The maximum Gasteiger partial charge on any atom is 0.254 e. The third-order valence-corrected chi connectivity index (χ3v) is 3.95.